The molecule has 0 saturated heterocycles. The maximum Gasteiger partial charge on any atom is -1.00 e. The second-order valence-electron chi connectivity index (χ2n) is 20.9. The summed E-state index contributed by atoms with van der Waals surface area (Å²) >= 11 is -2.58. The molecule has 0 fully saturated rings. The van der Waals surface area contributed by atoms with Crippen molar-refractivity contribution < 1.29 is 46.1 Å². The van der Waals surface area contributed by atoms with E-state index < -0.39 is 21.3 Å². The van der Waals surface area contributed by atoms with Gasteiger partial charge in [-0.1, -0.05) is 0 Å². The van der Waals surface area contributed by atoms with E-state index in [4.69, 9.17) is 0 Å². The van der Waals surface area contributed by atoms with Gasteiger partial charge in [0.05, 0.1) is 0 Å². The fourth-order valence-electron chi connectivity index (χ4n) is 9.69. The molecule has 0 saturated carbocycles. The Morgan fingerprint density at radius 3 is 1.38 bits per heavy atom. The maximum atomic E-state index is 2.76. The standard InChI is InChI=1S/C31H37.C10H15.C9H18.2ClH.Zr/c1-28(2,3)26-16-30(7,8)24-12-18-11-19-13-25-23(15-21(19)20(18)14-22(24)26)27(29(4,5)6)17-31(25,9)10;1-8-5-6-9(7-8)10(2,3)4;1-3-5-7-9-8-6-4-2;;;/h11-17H,1-10H3;6-8H,1-4H3;3-8H2,1-2H3;2*1H;/q;;;;;+2/p-2. The summed E-state index contributed by atoms with van der Waals surface area (Å²) in [5, 5.41) is 0. The van der Waals surface area contributed by atoms with Gasteiger partial charge >= 0.3 is 323 Å². The molecule has 0 aliphatic heterocycles. The number of hydrogen-bond acceptors (Lipinski definition) is 0. The first kappa shape index (κ1) is 44.4. The van der Waals surface area contributed by atoms with Crippen LogP contribution in [0.4, 0.5) is 0 Å². The molecule has 0 amide bonds. The van der Waals surface area contributed by atoms with Gasteiger partial charge in [-0.15, -0.1) is 0 Å². The molecule has 0 radical (unpaired) electrons. The van der Waals surface area contributed by atoms with Gasteiger partial charge in [-0.2, -0.15) is 0 Å². The van der Waals surface area contributed by atoms with Crippen LogP contribution in [0, 0.1) is 22.2 Å². The molecule has 0 spiro atoms. The summed E-state index contributed by atoms with van der Waals surface area (Å²) in [6.45, 7) is 38.9. The predicted molar refractivity (Wildman–Crippen MR) is 223 cm³/mol. The molecule has 0 aromatic heterocycles. The van der Waals surface area contributed by atoms with E-state index in [-0.39, 0.29) is 51.9 Å². The van der Waals surface area contributed by atoms with Crippen LogP contribution in [0.2, 0.25) is 0 Å². The van der Waals surface area contributed by atoms with Crippen molar-refractivity contribution in [2.45, 2.75) is 164 Å². The molecule has 6 rings (SSSR count). The topological polar surface area (TPSA) is 0 Å². The first-order valence-electron chi connectivity index (χ1n) is 20.5. The average molecular weight is 833 g/mol. The number of unbranched alkanes of at least 4 members (excludes halogenated alkanes) is 2. The van der Waals surface area contributed by atoms with Gasteiger partial charge in [0, 0.05) is 0 Å². The van der Waals surface area contributed by atoms with Crippen molar-refractivity contribution in [3.63, 3.8) is 0 Å². The van der Waals surface area contributed by atoms with Crippen molar-refractivity contribution in [2.75, 3.05) is 0 Å². The van der Waals surface area contributed by atoms with E-state index >= 15 is 0 Å². The molecular weight excluding hydrogens is 763 g/mol. The van der Waals surface area contributed by atoms with Crippen LogP contribution in [-0.4, -0.2) is 3.21 Å². The molecule has 1 atom stereocenters. The van der Waals surface area contributed by atoms with Crippen LogP contribution in [0.5, 0.6) is 0 Å². The van der Waals surface area contributed by atoms with Crippen molar-refractivity contribution in [3.8, 4) is 11.1 Å². The van der Waals surface area contributed by atoms with Gasteiger partial charge in [0.15, 0.2) is 0 Å². The van der Waals surface area contributed by atoms with E-state index in [0.29, 0.717) is 9.54 Å². The van der Waals surface area contributed by atoms with E-state index in [1.54, 1.807) is 39.0 Å². The molecule has 3 heteroatoms. The third kappa shape index (κ3) is 8.00. The van der Waals surface area contributed by atoms with Crippen LogP contribution in [0.25, 0.3) is 22.3 Å². The van der Waals surface area contributed by atoms with Gasteiger partial charge in [0.1, 0.15) is 0 Å². The Hall–Kier alpha value is -1.27. The zero-order chi connectivity index (χ0) is 37.6. The second-order valence-corrected chi connectivity index (χ2v) is 27.6. The first-order valence-corrected chi connectivity index (χ1v) is 24.4. The average Bonchev–Trinajstić information content (AvgIpc) is 3.71. The quantitative estimate of drug-likeness (QED) is 0.250. The van der Waals surface area contributed by atoms with Crippen molar-refractivity contribution >= 4 is 14.4 Å². The minimum absolute atomic E-state index is 0. The Morgan fingerprint density at radius 2 is 1.04 bits per heavy atom. The van der Waals surface area contributed by atoms with E-state index in [2.05, 4.69) is 159 Å². The number of benzene rings is 2. The Kier molecular flexibility index (Phi) is 12.8. The fourth-order valence-corrected chi connectivity index (χ4v) is 19.6. The summed E-state index contributed by atoms with van der Waals surface area (Å²) in [5.41, 5.74) is 17.6. The smallest absolute Gasteiger partial charge is 1.00 e. The van der Waals surface area contributed by atoms with Gasteiger partial charge < -0.3 is 24.8 Å². The SMILES string of the molecule is CCCC[C](CCCC)=[Zr+2]([C]1=CC(C(C)(C)C)=CC1C)[CH]1c2cc3c(cc2-c2cc4c(cc21)C(C)(C)C=C4C(C)(C)C)C(C(C)(C)C)=CC3(C)C.[Cl-].[Cl-]. The third-order valence-electron chi connectivity index (χ3n) is 12.6. The molecule has 2 aromatic carbocycles. The van der Waals surface area contributed by atoms with Crippen molar-refractivity contribution in [1.82, 2.24) is 0 Å². The number of halogens is 2. The van der Waals surface area contributed by atoms with Gasteiger partial charge in [0.25, 0.3) is 0 Å². The molecule has 0 heterocycles. The molecule has 288 valence electrons. The molecule has 0 bridgehead atoms. The fraction of sp³-hybridized carbons (Fsp3) is 0.580. The zero-order valence-electron chi connectivity index (χ0n) is 36.3. The van der Waals surface area contributed by atoms with Crippen molar-refractivity contribution in [1.29, 1.82) is 0 Å². The van der Waals surface area contributed by atoms with Crippen LogP contribution in [0.15, 0.2) is 57.4 Å². The summed E-state index contributed by atoms with van der Waals surface area (Å²) < 4.78 is 4.37. The number of rotatable bonds is 8. The van der Waals surface area contributed by atoms with Crippen LogP contribution < -0.4 is 24.8 Å². The molecule has 4 aliphatic carbocycles. The maximum absolute atomic E-state index is 2.76. The van der Waals surface area contributed by atoms with Crippen LogP contribution in [0.1, 0.15) is 186 Å². The summed E-state index contributed by atoms with van der Waals surface area (Å²) in [7, 11) is 0. The van der Waals surface area contributed by atoms with Crippen LogP contribution >= 0.6 is 0 Å². The summed E-state index contributed by atoms with van der Waals surface area (Å²) in [5.74, 6) is 0.527. The van der Waals surface area contributed by atoms with Gasteiger partial charge in [-0.3, -0.25) is 0 Å². The van der Waals surface area contributed by atoms with Crippen molar-refractivity contribution in [2.24, 2.45) is 22.2 Å². The molecule has 2 aromatic rings. The summed E-state index contributed by atoms with van der Waals surface area (Å²) in [6.07, 6.45) is 18.4. The molecule has 4 aliphatic rings. The van der Waals surface area contributed by atoms with E-state index in [9.17, 15) is 0 Å². The van der Waals surface area contributed by atoms with E-state index in [0.717, 1.165) is 0 Å². The summed E-state index contributed by atoms with van der Waals surface area (Å²) in [4.78, 5) is 0. The minimum atomic E-state index is -2.58. The Morgan fingerprint density at radius 1 is 0.623 bits per heavy atom. The summed E-state index contributed by atoms with van der Waals surface area (Å²) in [6, 6.07) is 10.9. The molecule has 0 nitrogen and oxygen atoms in total. The Labute approximate surface area is 345 Å². The Balaban J connectivity index is 0.00000314. The first-order chi connectivity index (χ1) is 23.5. The minimum Gasteiger partial charge on any atom is -1.00 e. The molecule has 53 heavy (non-hydrogen) atoms. The third-order valence-corrected chi connectivity index (χ3v) is 21.7. The predicted octanol–water partition coefficient (Wildman–Crippen LogP) is 8.88. The van der Waals surface area contributed by atoms with Gasteiger partial charge in [0.2, 0.25) is 0 Å². The Bertz CT molecular complexity index is 1810. The number of hydrogen-bond donors (Lipinski definition) is 0. The molecular formula is C50H70Cl2Zr. The second kappa shape index (κ2) is 15.2. The van der Waals surface area contributed by atoms with Crippen LogP contribution in [-0.2, 0) is 32.1 Å². The van der Waals surface area contributed by atoms with Crippen LogP contribution in [0.3, 0.4) is 0 Å². The number of allylic oxidation sites excluding steroid dienone is 8. The largest absolute Gasteiger partial charge is 1.00 e. The molecule has 1 unspecified atom stereocenters. The monoisotopic (exact) mass is 830 g/mol. The molecule has 0 N–H and O–H groups in total. The normalized spacial score (nSPS) is 19.4. The van der Waals surface area contributed by atoms with E-state index in [1.165, 1.54) is 60.8 Å². The van der Waals surface area contributed by atoms with E-state index in [1.807, 2.05) is 6.49 Å². The zero-order valence-corrected chi connectivity index (χ0v) is 40.2. The van der Waals surface area contributed by atoms with Gasteiger partial charge in [-0.05, 0) is 0 Å². The van der Waals surface area contributed by atoms with Crippen molar-refractivity contribution in [3.05, 3.63) is 90.8 Å². The number of fused-ring (bicyclic) bond motifs is 5. The van der Waals surface area contributed by atoms with Gasteiger partial charge in [-0.25, -0.2) is 0 Å².